The van der Waals surface area contributed by atoms with E-state index in [1.54, 1.807) is 24.3 Å². The summed E-state index contributed by atoms with van der Waals surface area (Å²) >= 11 is 5.92. The summed E-state index contributed by atoms with van der Waals surface area (Å²) in [6.07, 6.45) is 7.09. The Balaban J connectivity index is 2.16. The zero-order chi connectivity index (χ0) is 13.2. The van der Waals surface area contributed by atoms with Crippen LogP contribution in [0.15, 0.2) is 24.3 Å². The second-order valence-electron chi connectivity index (χ2n) is 4.38. The summed E-state index contributed by atoms with van der Waals surface area (Å²) in [4.78, 5) is 11.7. The molecule has 1 aromatic carbocycles. The number of unbranched alkanes of at least 4 members (excludes halogenated alkanes) is 5. The highest BCUT2D eigenvalue weighted by molar-refractivity contribution is 6.33. The predicted molar refractivity (Wildman–Crippen MR) is 75.1 cm³/mol. The smallest absolute Gasteiger partial charge is 0.339 e. The van der Waals surface area contributed by atoms with E-state index in [0.717, 1.165) is 12.8 Å². The number of hydrogen-bond acceptors (Lipinski definition) is 2. The zero-order valence-electron chi connectivity index (χ0n) is 11.0. The Morgan fingerprint density at radius 1 is 1.11 bits per heavy atom. The number of ether oxygens (including phenoxy) is 1. The molecule has 3 heteroatoms. The normalized spacial score (nSPS) is 10.3. The summed E-state index contributed by atoms with van der Waals surface area (Å²) in [5.74, 6) is -0.325. The molecule has 100 valence electrons. The van der Waals surface area contributed by atoms with Gasteiger partial charge in [-0.05, 0) is 18.6 Å². The molecule has 0 spiro atoms. The van der Waals surface area contributed by atoms with Gasteiger partial charge >= 0.3 is 5.97 Å². The largest absolute Gasteiger partial charge is 0.462 e. The van der Waals surface area contributed by atoms with Gasteiger partial charge in [-0.1, -0.05) is 62.8 Å². The maximum Gasteiger partial charge on any atom is 0.339 e. The first-order valence-corrected chi connectivity index (χ1v) is 7.05. The minimum absolute atomic E-state index is 0.325. The first kappa shape index (κ1) is 15.0. The Morgan fingerprint density at radius 3 is 2.50 bits per heavy atom. The lowest BCUT2D eigenvalue weighted by molar-refractivity contribution is 0.0498. The van der Waals surface area contributed by atoms with Crippen LogP contribution in [0.5, 0.6) is 0 Å². The molecule has 0 bridgehead atoms. The van der Waals surface area contributed by atoms with E-state index >= 15 is 0 Å². The highest BCUT2D eigenvalue weighted by atomic mass is 35.5. The second kappa shape index (κ2) is 8.98. The highest BCUT2D eigenvalue weighted by Crippen LogP contribution is 2.16. The van der Waals surface area contributed by atoms with Gasteiger partial charge in [0, 0.05) is 0 Å². The van der Waals surface area contributed by atoms with Gasteiger partial charge in [0.05, 0.1) is 17.2 Å². The van der Waals surface area contributed by atoms with Gasteiger partial charge in [0.1, 0.15) is 0 Å². The lowest BCUT2D eigenvalue weighted by Crippen LogP contribution is -2.06. The molecule has 0 aromatic heterocycles. The molecule has 0 saturated heterocycles. The maximum atomic E-state index is 11.7. The molecule has 0 aliphatic rings. The van der Waals surface area contributed by atoms with Gasteiger partial charge in [-0.25, -0.2) is 4.79 Å². The average molecular weight is 269 g/mol. The maximum absolute atomic E-state index is 11.7. The molecule has 0 radical (unpaired) electrons. The zero-order valence-corrected chi connectivity index (χ0v) is 11.7. The molecule has 0 fully saturated rings. The van der Waals surface area contributed by atoms with Crippen LogP contribution < -0.4 is 0 Å². The number of carbonyl (C=O) groups is 1. The van der Waals surface area contributed by atoms with E-state index in [2.05, 4.69) is 6.92 Å². The van der Waals surface area contributed by atoms with Crippen LogP contribution in [0.3, 0.4) is 0 Å². The number of carbonyl (C=O) groups excluding carboxylic acids is 1. The molecule has 0 unspecified atom stereocenters. The first-order chi connectivity index (χ1) is 8.75. The Bertz CT molecular complexity index is 363. The molecule has 18 heavy (non-hydrogen) atoms. The summed E-state index contributed by atoms with van der Waals surface area (Å²) in [6, 6.07) is 6.97. The van der Waals surface area contributed by atoms with Crippen LogP contribution in [-0.2, 0) is 4.74 Å². The SMILES string of the molecule is CCCCCCCCOC(=O)c1ccccc1Cl. The van der Waals surface area contributed by atoms with E-state index in [-0.39, 0.29) is 5.97 Å². The molecule has 0 saturated carbocycles. The molecule has 0 aliphatic carbocycles. The van der Waals surface area contributed by atoms with E-state index in [0.29, 0.717) is 17.2 Å². The summed E-state index contributed by atoms with van der Waals surface area (Å²) in [5.41, 5.74) is 0.449. The van der Waals surface area contributed by atoms with Crippen molar-refractivity contribution in [2.75, 3.05) is 6.61 Å². The topological polar surface area (TPSA) is 26.3 Å². The van der Waals surface area contributed by atoms with Crippen LogP contribution in [0.4, 0.5) is 0 Å². The van der Waals surface area contributed by atoms with Crippen molar-refractivity contribution in [1.82, 2.24) is 0 Å². The standard InChI is InChI=1S/C15H21ClO2/c1-2-3-4-5-6-9-12-18-15(17)13-10-7-8-11-14(13)16/h7-8,10-11H,2-6,9,12H2,1H3. The molecule has 1 rings (SSSR count). The number of benzene rings is 1. The van der Waals surface area contributed by atoms with Gasteiger partial charge in [0.25, 0.3) is 0 Å². The monoisotopic (exact) mass is 268 g/mol. The van der Waals surface area contributed by atoms with Gasteiger partial charge < -0.3 is 4.74 Å². The minimum Gasteiger partial charge on any atom is -0.462 e. The summed E-state index contributed by atoms with van der Waals surface area (Å²) < 4.78 is 5.19. The predicted octanol–water partition coefficient (Wildman–Crippen LogP) is 4.86. The third-order valence-corrected chi connectivity index (χ3v) is 3.15. The minimum atomic E-state index is -0.325. The number of halogens is 1. The van der Waals surface area contributed by atoms with Gasteiger partial charge in [-0.15, -0.1) is 0 Å². The lowest BCUT2D eigenvalue weighted by Gasteiger charge is -2.06. The second-order valence-corrected chi connectivity index (χ2v) is 4.79. The first-order valence-electron chi connectivity index (χ1n) is 6.67. The molecule has 0 N–H and O–H groups in total. The van der Waals surface area contributed by atoms with Gasteiger partial charge in [-0.3, -0.25) is 0 Å². The molecular weight excluding hydrogens is 248 g/mol. The van der Waals surface area contributed by atoms with Gasteiger partial charge in [0.15, 0.2) is 0 Å². The summed E-state index contributed by atoms with van der Waals surface area (Å²) in [5, 5.41) is 0.449. The van der Waals surface area contributed by atoms with Crippen molar-refractivity contribution >= 4 is 17.6 Å². The van der Waals surface area contributed by atoms with E-state index < -0.39 is 0 Å². The fourth-order valence-electron chi connectivity index (χ4n) is 1.75. The molecule has 0 heterocycles. The van der Waals surface area contributed by atoms with Crippen molar-refractivity contribution in [2.45, 2.75) is 45.4 Å². The van der Waals surface area contributed by atoms with Crippen molar-refractivity contribution in [3.05, 3.63) is 34.9 Å². The number of esters is 1. The highest BCUT2D eigenvalue weighted by Gasteiger charge is 2.10. The lowest BCUT2D eigenvalue weighted by atomic mass is 10.1. The van der Waals surface area contributed by atoms with Crippen LogP contribution >= 0.6 is 11.6 Å². The van der Waals surface area contributed by atoms with Crippen LogP contribution in [0, 0.1) is 0 Å². The van der Waals surface area contributed by atoms with E-state index in [9.17, 15) is 4.79 Å². The molecule has 0 amide bonds. The van der Waals surface area contributed by atoms with Crippen LogP contribution in [-0.4, -0.2) is 12.6 Å². The molecule has 1 aromatic rings. The Labute approximate surface area is 114 Å². The van der Waals surface area contributed by atoms with E-state index in [1.165, 1.54) is 25.7 Å². The molecule has 0 aliphatic heterocycles. The molecule has 0 atom stereocenters. The van der Waals surface area contributed by atoms with Crippen molar-refractivity contribution in [1.29, 1.82) is 0 Å². The fourth-order valence-corrected chi connectivity index (χ4v) is 1.96. The van der Waals surface area contributed by atoms with Crippen LogP contribution in [0.1, 0.15) is 55.8 Å². The van der Waals surface area contributed by atoms with Gasteiger partial charge in [-0.2, -0.15) is 0 Å². The van der Waals surface area contributed by atoms with Crippen LogP contribution in [0.25, 0.3) is 0 Å². The number of rotatable bonds is 8. The Hall–Kier alpha value is -1.02. The van der Waals surface area contributed by atoms with E-state index in [1.807, 2.05) is 0 Å². The summed E-state index contributed by atoms with van der Waals surface area (Å²) in [7, 11) is 0. The molecule has 2 nitrogen and oxygen atoms in total. The van der Waals surface area contributed by atoms with E-state index in [4.69, 9.17) is 16.3 Å². The quantitative estimate of drug-likeness (QED) is 0.497. The third kappa shape index (κ3) is 5.54. The Kier molecular flexibility index (Phi) is 7.51. The number of hydrogen-bond donors (Lipinski definition) is 0. The average Bonchev–Trinajstić information content (AvgIpc) is 2.38. The van der Waals surface area contributed by atoms with Crippen molar-refractivity contribution in [3.8, 4) is 0 Å². The van der Waals surface area contributed by atoms with Crippen LogP contribution in [0.2, 0.25) is 5.02 Å². The van der Waals surface area contributed by atoms with Gasteiger partial charge in [0.2, 0.25) is 0 Å². The third-order valence-electron chi connectivity index (χ3n) is 2.82. The Morgan fingerprint density at radius 2 is 1.78 bits per heavy atom. The van der Waals surface area contributed by atoms with Crippen molar-refractivity contribution in [2.24, 2.45) is 0 Å². The summed E-state index contributed by atoms with van der Waals surface area (Å²) in [6.45, 7) is 2.68. The van der Waals surface area contributed by atoms with Crippen molar-refractivity contribution in [3.63, 3.8) is 0 Å². The fraction of sp³-hybridized carbons (Fsp3) is 0.533. The van der Waals surface area contributed by atoms with Crippen molar-refractivity contribution < 1.29 is 9.53 Å². The molecular formula is C15H21ClO2.